The highest BCUT2D eigenvalue weighted by molar-refractivity contribution is 6.03. The average molecular weight is 334 g/mol. The maximum Gasteiger partial charge on any atom is 0.248 e. The second-order valence-corrected chi connectivity index (χ2v) is 6.37. The molecule has 0 radical (unpaired) electrons. The van der Waals surface area contributed by atoms with Crippen molar-refractivity contribution in [3.8, 4) is 0 Å². The maximum absolute atomic E-state index is 12.9. The summed E-state index contributed by atoms with van der Waals surface area (Å²) >= 11 is 0. The molecule has 2 heterocycles. The summed E-state index contributed by atoms with van der Waals surface area (Å²) in [6.45, 7) is 3.92. The van der Waals surface area contributed by atoms with Gasteiger partial charge >= 0.3 is 0 Å². The normalized spacial score (nSPS) is 16.4. The minimum atomic E-state index is -0.629. The van der Waals surface area contributed by atoms with Crippen LogP contribution in [0.25, 0.3) is 11.0 Å². The quantitative estimate of drug-likeness (QED) is 0.756. The monoisotopic (exact) mass is 334 g/mol. The van der Waals surface area contributed by atoms with Crippen LogP contribution in [0.1, 0.15) is 23.6 Å². The van der Waals surface area contributed by atoms with Crippen molar-refractivity contribution in [2.45, 2.75) is 26.3 Å². The lowest BCUT2D eigenvalue weighted by atomic mass is 10.1. The van der Waals surface area contributed by atoms with Gasteiger partial charge in [-0.1, -0.05) is 24.3 Å². The predicted molar refractivity (Wildman–Crippen MR) is 96.6 cm³/mol. The van der Waals surface area contributed by atoms with Crippen LogP contribution in [0.15, 0.2) is 42.5 Å². The van der Waals surface area contributed by atoms with E-state index in [0.29, 0.717) is 5.95 Å². The summed E-state index contributed by atoms with van der Waals surface area (Å²) in [6.07, 6.45) is 0.0874. The zero-order valence-corrected chi connectivity index (χ0v) is 14.0. The standard InChI is InChI=1S/C19H18N4O2/c1-11-7-8-12(2)14(9-11)20-18(25)16-10-17(24)22-19-21-13-5-3-4-6-15(13)23(16)19/h3-9,16H,10H2,1-2H3,(H,20,25)(H,21,22,24). The molecule has 1 atom stereocenters. The van der Waals surface area contributed by atoms with E-state index in [0.717, 1.165) is 27.8 Å². The van der Waals surface area contributed by atoms with Crippen molar-refractivity contribution in [1.29, 1.82) is 0 Å². The predicted octanol–water partition coefficient (Wildman–Crippen LogP) is 3.18. The minimum Gasteiger partial charge on any atom is -0.324 e. The van der Waals surface area contributed by atoms with Gasteiger partial charge < -0.3 is 5.32 Å². The Bertz CT molecular complexity index is 1010. The van der Waals surface area contributed by atoms with Crippen LogP contribution in [0.4, 0.5) is 11.6 Å². The highest BCUT2D eigenvalue weighted by Crippen LogP contribution is 2.31. The summed E-state index contributed by atoms with van der Waals surface area (Å²) in [5.74, 6) is -0.00422. The van der Waals surface area contributed by atoms with Crippen LogP contribution in [-0.2, 0) is 9.59 Å². The number of rotatable bonds is 2. The molecule has 126 valence electrons. The second kappa shape index (κ2) is 5.73. The van der Waals surface area contributed by atoms with Crippen LogP contribution < -0.4 is 10.6 Å². The first-order valence-electron chi connectivity index (χ1n) is 8.18. The van der Waals surface area contributed by atoms with Gasteiger partial charge in [0, 0.05) is 5.69 Å². The fourth-order valence-electron chi connectivity index (χ4n) is 3.19. The second-order valence-electron chi connectivity index (χ2n) is 6.37. The first-order chi connectivity index (χ1) is 12.0. The van der Waals surface area contributed by atoms with Gasteiger partial charge in [-0.3, -0.25) is 19.5 Å². The number of nitrogens with one attached hydrogen (secondary N) is 2. The zero-order valence-electron chi connectivity index (χ0n) is 14.0. The third-order valence-corrected chi connectivity index (χ3v) is 4.49. The van der Waals surface area contributed by atoms with Crippen LogP contribution >= 0.6 is 0 Å². The number of fused-ring (bicyclic) bond motifs is 3. The van der Waals surface area contributed by atoms with Crippen molar-refractivity contribution in [2.75, 3.05) is 10.6 Å². The Kier molecular flexibility index (Phi) is 3.53. The third-order valence-electron chi connectivity index (χ3n) is 4.49. The number of benzene rings is 2. The molecule has 0 fully saturated rings. The van der Waals surface area contributed by atoms with Gasteiger partial charge in [0.1, 0.15) is 6.04 Å². The molecule has 6 heteroatoms. The molecular formula is C19H18N4O2. The first-order valence-corrected chi connectivity index (χ1v) is 8.18. The Hall–Kier alpha value is -3.15. The number of para-hydroxylation sites is 2. The van der Waals surface area contributed by atoms with E-state index in [4.69, 9.17) is 0 Å². The number of hydrogen-bond donors (Lipinski definition) is 2. The van der Waals surface area contributed by atoms with Gasteiger partial charge in [-0.2, -0.15) is 0 Å². The number of aryl methyl sites for hydroxylation is 2. The van der Waals surface area contributed by atoms with E-state index in [9.17, 15) is 9.59 Å². The van der Waals surface area contributed by atoms with E-state index in [-0.39, 0.29) is 18.2 Å². The SMILES string of the molecule is Cc1ccc(C)c(NC(=O)C2CC(=O)Nc3nc4ccccc4n32)c1. The fraction of sp³-hybridized carbons (Fsp3) is 0.211. The van der Waals surface area contributed by atoms with E-state index >= 15 is 0 Å². The molecule has 0 bridgehead atoms. The highest BCUT2D eigenvalue weighted by atomic mass is 16.2. The van der Waals surface area contributed by atoms with Crippen LogP contribution in [0.3, 0.4) is 0 Å². The molecule has 1 aromatic heterocycles. The van der Waals surface area contributed by atoms with Crippen molar-refractivity contribution in [3.63, 3.8) is 0 Å². The van der Waals surface area contributed by atoms with Crippen molar-refractivity contribution in [3.05, 3.63) is 53.6 Å². The molecule has 0 spiro atoms. The minimum absolute atomic E-state index is 0.0874. The zero-order chi connectivity index (χ0) is 17.6. The van der Waals surface area contributed by atoms with E-state index in [1.54, 1.807) is 4.57 Å². The summed E-state index contributed by atoms with van der Waals surface area (Å²) in [4.78, 5) is 29.4. The summed E-state index contributed by atoms with van der Waals surface area (Å²) in [5, 5.41) is 5.72. The van der Waals surface area contributed by atoms with Crippen molar-refractivity contribution in [2.24, 2.45) is 0 Å². The molecule has 3 aromatic rings. The molecular weight excluding hydrogens is 316 g/mol. The van der Waals surface area contributed by atoms with E-state index in [1.165, 1.54) is 0 Å². The van der Waals surface area contributed by atoms with Gasteiger partial charge in [0.25, 0.3) is 0 Å². The number of anilines is 2. The van der Waals surface area contributed by atoms with Gasteiger partial charge in [-0.25, -0.2) is 4.98 Å². The van der Waals surface area contributed by atoms with Crippen LogP contribution in [0, 0.1) is 13.8 Å². The number of carbonyl (C=O) groups excluding carboxylic acids is 2. The largest absolute Gasteiger partial charge is 0.324 e. The lowest BCUT2D eigenvalue weighted by molar-refractivity contribution is -0.124. The third kappa shape index (κ3) is 2.65. The van der Waals surface area contributed by atoms with E-state index in [1.807, 2.05) is 56.3 Å². The molecule has 0 saturated heterocycles. The molecule has 0 aliphatic carbocycles. The molecule has 1 aliphatic heterocycles. The summed E-state index contributed by atoms with van der Waals surface area (Å²) in [6, 6.07) is 12.8. The van der Waals surface area contributed by atoms with Crippen molar-refractivity contribution < 1.29 is 9.59 Å². The molecule has 0 saturated carbocycles. The number of amides is 2. The highest BCUT2D eigenvalue weighted by Gasteiger charge is 2.32. The van der Waals surface area contributed by atoms with Gasteiger partial charge in [0.15, 0.2) is 0 Å². The number of carbonyl (C=O) groups is 2. The molecule has 1 unspecified atom stereocenters. The van der Waals surface area contributed by atoms with Gasteiger partial charge in [0.2, 0.25) is 17.8 Å². The van der Waals surface area contributed by atoms with Crippen LogP contribution in [0.5, 0.6) is 0 Å². The summed E-state index contributed by atoms with van der Waals surface area (Å²) in [5.41, 5.74) is 4.40. The Labute approximate surface area is 144 Å². The summed E-state index contributed by atoms with van der Waals surface area (Å²) in [7, 11) is 0. The molecule has 1 aliphatic rings. The molecule has 25 heavy (non-hydrogen) atoms. The fourth-order valence-corrected chi connectivity index (χ4v) is 3.19. The van der Waals surface area contributed by atoms with Gasteiger partial charge in [0.05, 0.1) is 17.5 Å². The Morgan fingerprint density at radius 2 is 2.04 bits per heavy atom. The number of nitrogens with zero attached hydrogens (tertiary/aromatic N) is 2. The first kappa shape index (κ1) is 15.4. The lowest BCUT2D eigenvalue weighted by Gasteiger charge is -2.25. The topological polar surface area (TPSA) is 76.0 Å². The van der Waals surface area contributed by atoms with Crippen molar-refractivity contribution in [1.82, 2.24) is 9.55 Å². The molecule has 2 amide bonds. The smallest absolute Gasteiger partial charge is 0.248 e. The van der Waals surface area contributed by atoms with Gasteiger partial charge in [-0.15, -0.1) is 0 Å². The number of aromatic nitrogens is 2. The Balaban J connectivity index is 1.74. The van der Waals surface area contributed by atoms with E-state index < -0.39 is 6.04 Å². The van der Waals surface area contributed by atoms with Crippen molar-refractivity contribution >= 4 is 34.5 Å². The Morgan fingerprint density at radius 1 is 1.24 bits per heavy atom. The Morgan fingerprint density at radius 3 is 2.88 bits per heavy atom. The molecule has 2 aromatic carbocycles. The maximum atomic E-state index is 12.9. The number of hydrogen-bond acceptors (Lipinski definition) is 3. The lowest BCUT2D eigenvalue weighted by Crippen LogP contribution is -2.35. The van der Waals surface area contributed by atoms with Gasteiger partial charge in [-0.05, 0) is 43.2 Å². The summed E-state index contributed by atoms with van der Waals surface area (Å²) < 4.78 is 1.80. The van der Waals surface area contributed by atoms with Crippen LogP contribution in [-0.4, -0.2) is 21.4 Å². The van der Waals surface area contributed by atoms with E-state index in [2.05, 4.69) is 15.6 Å². The molecule has 4 rings (SSSR count). The average Bonchev–Trinajstić information content (AvgIpc) is 2.95. The molecule has 2 N–H and O–H groups in total. The van der Waals surface area contributed by atoms with Crippen LogP contribution in [0.2, 0.25) is 0 Å². The number of imidazole rings is 1. The molecule has 6 nitrogen and oxygen atoms in total.